The number of piperidine rings is 1. The quantitative estimate of drug-likeness (QED) is 0.751. The van der Waals surface area contributed by atoms with E-state index in [4.69, 9.17) is 5.26 Å². The van der Waals surface area contributed by atoms with Crippen LogP contribution in [0.15, 0.2) is 24.3 Å². The molecule has 1 aromatic rings. The second-order valence-corrected chi connectivity index (χ2v) is 4.56. The normalized spacial score (nSPS) is 19.4. The lowest BCUT2D eigenvalue weighted by Gasteiger charge is -2.30. The third kappa shape index (κ3) is 2.40. The van der Waals surface area contributed by atoms with Gasteiger partial charge in [-0.2, -0.15) is 5.26 Å². The first-order valence-electron chi connectivity index (χ1n) is 5.94. The first kappa shape index (κ1) is 12.3. The Balaban J connectivity index is 2.11. The van der Waals surface area contributed by atoms with Crippen molar-refractivity contribution in [2.75, 3.05) is 13.1 Å². The highest BCUT2D eigenvalue weighted by molar-refractivity contribution is 5.95. The van der Waals surface area contributed by atoms with Crippen LogP contribution in [0.3, 0.4) is 0 Å². The minimum absolute atomic E-state index is 0.0705. The topological polar surface area (TPSA) is 61.2 Å². The molecule has 0 bridgehead atoms. The molecule has 4 nitrogen and oxygen atoms in total. The molecule has 1 atom stereocenters. The summed E-state index contributed by atoms with van der Waals surface area (Å²) in [7, 11) is 0. The summed E-state index contributed by atoms with van der Waals surface area (Å²) in [6, 6.07) is 8.59. The van der Waals surface area contributed by atoms with Gasteiger partial charge in [-0.05, 0) is 24.3 Å². The Bertz CT molecular complexity index is 514. The monoisotopic (exact) mass is 242 g/mol. The molecule has 0 radical (unpaired) electrons. The number of amides is 1. The average Bonchev–Trinajstić information content (AvgIpc) is 2.41. The Morgan fingerprint density at radius 2 is 2.06 bits per heavy atom. The van der Waals surface area contributed by atoms with Crippen LogP contribution in [0.1, 0.15) is 29.3 Å². The molecule has 1 fully saturated rings. The van der Waals surface area contributed by atoms with Crippen LogP contribution in [-0.2, 0) is 4.79 Å². The molecule has 1 aliphatic rings. The van der Waals surface area contributed by atoms with E-state index in [1.807, 2.05) is 13.0 Å². The van der Waals surface area contributed by atoms with Gasteiger partial charge in [-0.15, -0.1) is 0 Å². The van der Waals surface area contributed by atoms with Gasteiger partial charge in [-0.25, -0.2) is 0 Å². The number of nitriles is 1. The molecule has 4 heteroatoms. The van der Waals surface area contributed by atoms with Crippen molar-refractivity contribution in [1.29, 1.82) is 5.26 Å². The Hall–Kier alpha value is -2.15. The zero-order chi connectivity index (χ0) is 13.1. The van der Waals surface area contributed by atoms with Crippen molar-refractivity contribution in [3.63, 3.8) is 0 Å². The molecule has 18 heavy (non-hydrogen) atoms. The number of Topliss-reactive ketones (excluding diaryl/α,β-unsaturated/α-hetero) is 1. The fourth-order valence-electron chi connectivity index (χ4n) is 2.07. The van der Waals surface area contributed by atoms with Gasteiger partial charge in [0.25, 0.3) is 5.91 Å². The van der Waals surface area contributed by atoms with Crippen molar-refractivity contribution in [2.45, 2.75) is 13.3 Å². The van der Waals surface area contributed by atoms with Crippen LogP contribution >= 0.6 is 0 Å². The van der Waals surface area contributed by atoms with Gasteiger partial charge in [0.2, 0.25) is 0 Å². The summed E-state index contributed by atoms with van der Waals surface area (Å²) >= 11 is 0. The summed E-state index contributed by atoms with van der Waals surface area (Å²) in [6.45, 7) is 2.82. The lowest BCUT2D eigenvalue weighted by atomic mass is 9.98. The largest absolute Gasteiger partial charge is 0.337 e. The second kappa shape index (κ2) is 5.01. The lowest BCUT2D eigenvalue weighted by molar-refractivity contribution is -0.124. The predicted octanol–water partition coefficient (Wildman–Crippen LogP) is 1.61. The summed E-state index contributed by atoms with van der Waals surface area (Å²) in [5.41, 5.74) is 1.10. The molecular weight excluding hydrogens is 228 g/mol. The van der Waals surface area contributed by atoms with Crippen molar-refractivity contribution in [1.82, 2.24) is 4.90 Å². The summed E-state index contributed by atoms with van der Waals surface area (Å²) in [4.78, 5) is 25.3. The molecule has 0 aromatic heterocycles. The van der Waals surface area contributed by atoms with Crippen LogP contribution in [-0.4, -0.2) is 29.7 Å². The predicted molar refractivity (Wildman–Crippen MR) is 65.8 cm³/mol. The van der Waals surface area contributed by atoms with E-state index >= 15 is 0 Å². The van der Waals surface area contributed by atoms with Gasteiger partial charge < -0.3 is 4.90 Å². The molecule has 0 spiro atoms. The number of carbonyl (C=O) groups is 2. The van der Waals surface area contributed by atoms with E-state index < -0.39 is 0 Å². The first-order valence-corrected chi connectivity index (χ1v) is 5.94. The lowest BCUT2D eigenvalue weighted by Crippen LogP contribution is -2.43. The van der Waals surface area contributed by atoms with Crippen LogP contribution in [0.5, 0.6) is 0 Å². The zero-order valence-electron chi connectivity index (χ0n) is 10.2. The maximum Gasteiger partial charge on any atom is 0.253 e. The summed E-state index contributed by atoms with van der Waals surface area (Å²) in [6.07, 6.45) is 0.434. The molecule has 1 unspecified atom stereocenters. The summed E-state index contributed by atoms with van der Waals surface area (Å²) in [5, 5.41) is 8.70. The second-order valence-electron chi connectivity index (χ2n) is 4.56. The minimum atomic E-state index is -0.0823. The first-order chi connectivity index (χ1) is 8.61. The van der Waals surface area contributed by atoms with E-state index in [9.17, 15) is 9.59 Å². The molecule has 0 aliphatic carbocycles. The van der Waals surface area contributed by atoms with E-state index in [0.29, 0.717) is 30.6 Å². The van der Waals surface area contributed by atoms with Crippen LogP contribution in [0.2, 0.25) is 0 Å². The fourth-order valence-corrected chi connectivity index (χ4v) is 2.07. The Labute approximate surface area is 106 Å². The van der Waals surface area contributed by atoms with E-state index in [1.54, 1.807) is 29.2 Å². The van der Waals surface area contributed by atoms with Crippen molar-refractivity contribution in [3.8, 4) is 6.07 Å². The van der Waals surface area contributed by atoms with Crippen molar-refractivity contribution in [2.24, 2.45) is 5.92 Å². The van der Waals surface area contributed by atoms with Gasteiger partial charge in [0, 0.05) is 31.0 Å². The van der Waals surface area contributed by atoms with Crippen LogP contribution in [0.25, 0.3) is 0 Å². The van der Waals surface area contributed by atoms with Crippen LogP contribution < -0.4 is 0 Å². The molecule has 1 saturated heterocycles. The number of hydrogen-bond acceptors (Lipinski definition) is 3. The Morgan fingerprint density at radius 3 is 2.61 bits per heavy atom. The van der Waals surface area contributed by atoms with Crippen LogP contribution in [0, 0.1) is 17.2 Å². The van der Waals surface area contributed by atoms with Gasteiger partial charge in [0.05, 0.1) is 11.6 Å². The number of benzene rings is 1. The van der Waals surface area contributed by atoms with Gasteiger partial charge >= 0.3 is 0 Å². The smallest absolute Gasteiger partial charge is 0.253 e. The van der Waals surface area contributed by atoms with E-state index in [1.165, 1.54) is 0 Å². The molecule has 1 aliphatic heterocycles. The number of rotatable bonds is 1. The number of hydrogen-bond donors (Lipinski definition) is 0. The third-order valence-corrected chi connectivity index (χ3v) is 3.22. The van der Waals surface area contributed by atoms with Gasteiger partial charge in [-0.3, -0.25) is 9.59 Å². The van der Waals surface area contributed by atoms with E-state index in [0.717, 1.165) is 0 Å². The minimum Gasteiger partial charge on any atom is -0.337 e. The average molecular weight is 242 g/mol. The van der Waals surface area contributed by atoms with Crippen LogP contribution in [0.4, 0.5) is 0 Å². The highest BCUT2D eigenvalue weighted by atomic mass is 16.2. The van der Waals surface area contributed by atoms with E-state index in [-0.39, 0.29) is 17.6 Å². The highest BCUT2D eigenvalue weighted by Crippen LogP contribution is 2.15. The third-order valence-electron chi connectivity index (χ3n) is 3.22. The standard InChI is InChI=1S/C14H14N2O2/c1-10-9-16(7-6-13(10)17)14(18)12-4-2-11(8-15)3-5-12/h2-5,10H,6-7,9H2,1H3. The SMILES string of the molecule is CC1CN(C(=O)c2ccc(C#N)cc2)CCC1=O. The summed E-state index contributed by atoms with van der Waals surface area (Å²) < 4.78 is 0. The van der Waals surface area contributed by atoms with Gasteiger partial charge in [0.15, 0.2) is 0 Å². The highest BCUT2D eigenvalue weighted by Gasteiger charge is 2.27. The number of ketones is 1. The molecule has 1 amide bonds. The Morgan fingerprint density at radius 1 is 1.39 bits per heavy atom. The fraction of sp³-hybridized carbons (Fsp3) is 0.357. The van der Waals surface area contributed by atoms with Crippen molar-refractivity contribution >= 4 is 11.7 Å². The summed E-state index contributed by atoms with van der Waals surface area (Å²) in [5.74, 6) is 0.0683. The van der Waals surface area contributed by atoms with Crippen molar-refractivity contribution < 1.29 is 9.59 Å². The molecule has 1 heterocycles. The Kier molecular flexibility index (Phi) is 3.42. The van der Waals surface area contributed by atoms with Crippen molar-refractivity contribution in [3.05, 3.63) is 35.4 Å². The molecular formula is C14H14N2O2. The van der Waals surface area contributed by atoms with E-state index in [2.05, 4.69) is 0 Å². The van der Waals surface area contributed by atoms with Gasteiger partial charge in [-0.1, -0.05) is 6.92 Å². The number of carbonyl (C=O) groups excluding carboxylic acids is 2. The molecule has 92 valence electrons. The number of likely N-dealkylation sites (tertiary alicyclic amines) is 1. The van der Waals surface area contributed by atoms with Gasteiger partial charge in [0.1, 0.15) is 5.78 Å². The molecule has 0 N–H and O–H groups in total. The maximum atomic E-state index is 12.2. The molecule has 2 rings (SSSR count). The maximum absolute atomic E-state index is 12.2. The number of nitrogens with zero attached hydrogens (tertiary/aromatic N) is 2. The zero-order valence-corrected chi connectivity index (χ0v) is 10.2. The molecule has 1 aromatic carbocycles. The molecule has 0 saturated carbocycles.